The summed E-state index contributed by atoms with van der Waals surface area (Å²) in [6, 6.07) is 13.0. The molecule has 0 aliphatic heterocycles. The molecule has 0 aliphatic carbocycles. The van der Waals surface area contributed by atoms with Crippen molar-refractivity contribution in [3.8, 4) is 0 Å². The van der Waals surface area contributed by atoms with Crippen LogP contribution < -0.4 is 10.6 Å². The summed E-state index contributed by atoms with van der Waals surface area (Å²) in [6.07, 6.45) is 0. The summed E-state index contributed by atoms with van der Waals surface area (Å²) < 4.78 is 1.93. The number of anilines is 1. The molecule has 0 aliphatic rings. The quantitative estimate of drug-likeness (QED) is 0.494. The number of rotatable bonds is 8. The molecule has 168 valence electrons. The van der Waals surface area contributed by atoms with Gasteiger partial charge in [-0.2, -0.15) is 0 Å². The van der Waals surface area contributed by atoms with Crippen molar-refractivity contribution in [1.29, 1.82) is 0 Å². The zero-order valence-corrected chi connectivity index (χ0v) is 19.9. The molecule has 0 bridgehead atoms. The molecule has 0 spiro atoms. The fourth-order valence-electron chi connectivity index (χ4n) is 3.36. The summed E-state index contributed by atoms with van der Waals surface area (Å²) in [5, 5.41) is 15.1. The molecule has 1 atom stereocenters. The van der Waals surface area contributed by atoms with Gasteiger partial charge in [-0.15, -0.1) is 10.2 Å². The number of carbonyl (C=O) groups is 2. The van der Waals surface area contributed by atoms with Gasteiger partial charge in [0, 0.05) is 17.8 Å². The smallest absolute Gasteiger partial charge is 0.251 e. The number of aromatic nitrogens is 3. The maximum atomic E-state index is 12.6. The second kappa shape index (κ2) is 10.5. The zero-order chi connectivity index (χ0) is 23.3. The lowest BCUT2D eigenvalue weighted by atomic mass is 10.1. The Morgan fingerprint density at radius 3 is 2.56 bits per heavy atom. The largest absolute Gasteiger partial charge is 0.342 e. The molecule has 0 unspecified atom stereocenters. The van der Waals surface area contributed by atoms with Crippen LogP contribution in [0.15, 0.2) is 47.6 Å². The lowest BCUT2D eigenvalue weighted by Crippen LogP contribution is -2.28. The van der Waals surface area contributed by atoms with Crippen LogP contribution in [-0.2, 0) is 11.3 Å². The molecule has 2 aromatic carbocycles. The minimum Gasteiger partial charge on any atom is -0.342 e. The van der Waals surface area contributed by atoms with Crippen molar-refractivity contribution in [3.05, 3.63) is 70.5 Å². The SMILES string of the molecule is CCn1c(SCC(=O)Nc2cccc(C)c2C)nnc1[C@H](C)NC(=O)c1cccc(C)c1. The first-order chi connectivity index (χ1) is 15.3. The number of hydrogen-bond acceptors (Lipinski definition) is 5. The number of carbonyl (C=O) groups excluding carboxylic acids is 2. The van der Waals surface area contributed by atoms with Gasteiger partial charge in [-0.3, -0.25) is 9.59 Å². The third kappa shape index (κ3) is 5.56. The van der Waals surface area contributed by atoms with Crippen LogP contribution in [0.1, 0.15) is 52.8 Å². The van der Waals surface area contributed by atoms with Crippen molar-refractivity contribution in [2.75, 3.05) is 11.1 Å². The Balaban J connectivity index is 1.64. The van der Waals surface area contributed by atoms with Gasteiger partial charge in [0.1, 0.15) is 0 Å². The molecule has 0 saturated carbocycles. The Labute approximate surface area is 193 Å². The summed E-state index contributed by atoms with van der Waals surface area (Å²) in [5.74, 6) is 0.617. The average Bonchev–Trinajstić information content (AvgIpc) is 3.18. The van der Waals surface area contributed by atoms with Gasteiger partial charge in [0.15, 0.2) is 11.0 Å². The van der Waals surface area contributed by atoms with Crippen molar-refractivity contribution in [2.45, 2.75) is 52.4 Å². The first-order valence-corrected chi connectivity index (χ1v) is 11.6. The number of nitrogens with zero attached hydrogens (tertiary/aromatic N) is 3. The average molecular weight is 452 g/mol. The standard InChI is InChI=1S/C24H29N5O2S/c1-6-29-22(18(5)25-23(31)19-11-7-9-15(2)13-19)27-28-24(29)32-14-21(30)26-20-12-8-10-16(3)17(20)4/h7-13,18H,6,14H2,1-5H3,(H,25,31)(H,26,30)/t18-/m0/s1. The summed E-state index contributed by atoms with van der Waals surface area (Å²) in [4.78, 5) is 25.1. The van der Waals surface area contributed by atoms with E-state index in [1.54, 1.807) is 6.07 Å². The molecule has 2 N–H and O–H groups in total. The van der Waals surface area contributed by atoms with E-state index in [4.69, 9.17) is 0 Å². The van der Waals surface area contributed by atoms with E-state index in [-0.39, 0.29) is 23.6 Å². The van der Waals surface area contributed by atoms with Crippen molar-refractivity contribution >= 4 is 29.3 Å². The van der Waals surface area contributed by atoms with Crippen molar-refractivity contribution < 1.29 is 9.59 Å². The van der Waals surface area contributed by atoms with Gasteiger partial charge < -0.3 is 15.2 Å². The maximum Gasteiger partial charge on any atom is 0.251 e. The first kappa shape index (κ1) is 23.5. The van der Waals surface area contributed by atoms with E-state index in [0.29, 0.717) is 23.1 Å². The van der Waals surface area contributed by atoms with E-state index < -0.39 is 0 Å². The van der Waals surface area contributed by atoms with E-state index in [0.717, 1.165) is 22.4 Å². The summed E-state index contributed by atoms with van der Waals surface area (Å²) >= 11 is 1.33. The highest BCUT2D eigenvalue weighted by atomic mass is 32.2. The van der Waals surface area contributed by atoms with Gasteiger partial charge in [0.25, 0.3) is 5.91 Å². The van der Waals surface area contributed by atoms with Crippen LogP contribution in [0.2, 0.25) is 0 Å². The van der Waals surface area contributed by atoms with Crippen LogP contribution in [0, 0.1) is 20.8 Å². The normalized spacial score (nSPS) is 11.8. The molecule has 3 aromatic rings. The van der Waals surface area contributed by atoms with Crippen molar-refractivity contribution in [1.82, 2.24) is 20.1 Å². The molecular weight excluding hydrogens is 422 g/mol. The maximum absolute atomic E-state index is 12.6. The van der Waals surface area contributed by atoms with Crippen LogP contribution in [0.5, 0.6) is 0 Å². The molecule has 0 fully saturated rings. The Morgan fingerprint density at radius 1 is 1.09 bits per heavy atom. The van der Waals surface area contributed by atoms with E-state index >= 15 is 0 Å². The van der Waals surface area contributed by atoms with Crippen LogP contribution in [0.4, 0.5) is 5.69 Å². The van der Waals surface area contributed by atoms with E-state index in [9.17, 15) is 9.59 Å². The van der Waals surface area contributed by atoms with Crippen molar-refractivity contribution in [2.24, 2.45) is 0 Å². The second-order valence-electron chi connectivity index (χ2n) is 7.73. The Morgan fingerprint density at radius 2 is 1.84 bits per heavy atom. The molecule has 32 heavy (non-hydrogen) atoms. The van der Waals surface area contributed by atoms with Gasteiger partial charge in [0.2, 0.25) is 5.91 Å². The fourth-order valence-corrected chi connectivity index (χ4v) is 4.17. The molecule has 0 radical (unpaired) electrons. The molecule has 1 heterocycles. The van der Waals surface area contributed by atoms with Crippen LogP contribution in [0.3, 0.4) is 0 Å². The summed E-state index contributed by atoms with van der Waals surface area (Å²) in [7, 11) is 0. The Bertz CT molecular complexity index is 1130. The van der Waals surface area contributed by atoms with E-state index in [2.05, 4.69) is 20.8 Å². The number of amides is 2. The molecule has 0 saturated heterocycles. The predicted octanol–water partition coefficient (Wildman–Crippen LogP) is 4.45. The molecule has 2 amide bonds. The van der Waals surface area contributed by atoms with Crippen LogP contribution >= 0.6 is 11.8 Å². The predicted molar refractivity (Wildman–Crippen MR) is 128 cm³/mol. The Hall–Kier alpha value is -3.13. The lowest BCUT2D eigenvalue weighted by Gasteiger charge is -2.15. The number of hydrogen-bond donors (Lipinski definition) is 2. The second-order valence-corrected chi connectivity index (χ2v) is 8.68. The van der Waals surface area contributed by atoms with Crippen molar-refractivity contribution in [3.63, 3.8) is 0 Å². The third-order valence-electron chi connectivity index (χ3n) is 5.29. The van der Waals surface area contributed by atoms with E-state index in [1.807, 2.05) is 75.6 Å². The molecular formula is C24H29N5O2S. The monoisotopic (exact) mass is 451 g/mol. The van der Waals surface area contributed by atoms with Gasteiger partial charge in [0.05, 0.1) is 11.8 Å². The number of nitrogens with one attached hydrogen (secondary N) is 2. The van der Waals surface area contributed by atoms with Gasteiger partial charge >= 0.3 is 0 Å². The molecule has 3 rings (SSSR count). The first-order valence-electron chi connectivity index (χ1n) is 10.6. The van der Waals surface area contributed by atoms with E-state index in [1.165, 1.54) is 11.8 Å². The number of thioether (sulfide) groups is 1. The van der Waals surface area contributed by atoms with Crippen LogP contribution in [0.25, 0.3) is 0 Å². The highest BCUT2D eigenvalue weighted by molar-refractivity contribution is 7.99. The summed E-state index contributed by atoms with van der Waals surface area (Å²) in [5.41, 5.74) is 4.65. The fraction of sp³-hybridized carbons (Fsp3) is 0.333. The summed E-state index contributed by atoms with van der Waals surface area (Å²) in [6.45, 7) is 10.5. The highest BCUT2D eigenvalue weighted by Gasteiger charge is 2.20. The van der Waals surface area contributed by atoms with Crippen LogP contribution in [-0.4, -0.2) is 32.3 Å². The number of benzene rings is 2. The third-order valence-corrected chi connectivity index (χ3v) is 6.25. The minimum absolute atomic E-state index is 0.100. The minimum atomic E-state index is -0.325. The zero-order valence-electron chi connectivity index (χ0n) is 19.1. The number of aryl methyl sites for hydroxylation is 2. The molecule has 8 heteroatoms. The molecule has 7 nitrogen and oxygen atoms in total. The topological polar surface area (TPSA) is 88.9 Å². The van der Waals surface area contributed by atoms with Gasteiger partial charge in [-0.1, -0.05) is 41.6 Å². The highest BCUT2D eigenvalue weighted by Crippen LogP contribution is 2.22. The van der Waals surface area contributed by atoms with Gasteiger partial charge in [-0.05, 0) is 63.9 Å². The van der Waals surface area contributed by atoms with Gasteiger partial charge in [-0.25, -0.2) is 0 Å². The molecule has 1 aromatic heterocycles. The lowest BCUT2D eigenvalue weighted by molar-refractivity contribution is -0.113. The Kier molecular flexibility index (Phi) is 7.69.